The van der Waals surface area contributed by atoms with Crippen LogP contribution < -0.4 is 25.0 Å². The Labute approximate surface area is 205 Å². The molecule has 2 aliphatic rings. The molecular weight excluding hydrogens is 470 g/mol. The van der Waals surface area contributed by atoms with E-state index in [-0.39, 0.29) is 25.6 Å². The number of benzene rings is 1. The minimum atomic E-state index is -1.32. The molecule has 2 aliphatic heterocycles. The Morgan fingerprint density at radius 1 is 1.25 bits per heavy atom. The first-order valence-corrected chi connectivity index (χ1v) is 11.3. The van der Waals surface area contributed by atoms with E-state index in [9.17, 15) is 19.8 Å². The molecule has 4 heterocycles. The van der Waals surface area contributed by atoms with Crippen LogP contribution in [0.2, 0.25) is 0 Å². The number of rotatable bonds is 8. The summed E-state index contributed by atoms with van der Waals surface area (Å²) < 4.78 is 15.8. The smallest absolute Gasteiger partial charge is 0.414 e. The number of cyclic esters (lactones) is 1. The third-order valence-electron chi connectivity index (χ3n) is 6.04. The first-order chi connectivity index (χ1) is 17.4. The molecule has 3 atom stereocenters. The average Bonchev–Trinajstić information content (AvgIpc) is 3.28. The Balaban J connectivity index is 1.19. The summed E-state index contributed by atoms with van der Waals surface area (Å²) >= 11 is 0. The van der Waals surface area contributed by atoms with Crippen molar-refractivity contribution in [2.45, 2.75) is 24.9 Å². The number of aromatic nitrogens is 2. The number of methoxy groups -OCH3 is 1. The van der Waals surface area contributed by atoms with Gasteiger partial charge in [-0.3, -0.25) is 14.7 Å². The van der Waals surface area contributed by atoms with Crippen LogP contribution in [0.3, 0.4) is 0 Å². The Morgan fingerprint density at radius 3 is 2.94 bits per heavy atom. The summed E-state index contributed by atoms with van der Waals surface area (Å²) in [6.45, 7) is 0.372. The maximum absolute atomic E-state index is 12.5. The largest absolute Gasteiger partial charge is 0.482 e. The second-order valence-electron chi connectivity index (χ2n) is 8.43. The van der Waals surface area contributed by atoms with Crippen molar-refractivity contribution in [3.05, 3.63) is 48.2 Å². The summed E-state index contributed by atoms with van der Waals surface area (Å²) in [6, 6.07) is 10.3. The number of amides is 2. The van der Waals surface area contributed by atoms with Crippen LogP contribution in [0.25, 0.3) is 11.0 Å². The molecule has 5 rings (SSSR count). The van der Waals surface area contributed by atoms with Crippen molar-refractivity contribution in [1.82, 2.24) is 15.3 Å². The van der Waals surface area contributed by atoms with Gasteiger partial charge in [0.05, 0.1) is 36.5 Å². The van der Waals surface area contributed by atoms with Gasteiger partial charge in [-0.1, -0.05) is 0 Å². The van der Waals surface area contributed by atoms with Crippen molar-refractivity contribution < 1.29 is 34.0 Å². The first-order valence-electron chi connectivity index (χ1n) is 11.3. The van der Waals surface area contributed by atoms with Crippen molar-refractivity contribution in [3.63, 3.8) is 0 Å². The predicted molar refractivity (Wildman–Crippen MR) is 128 cm³/mol. The number of aliphatic hydroxyl groups excluding tert-OH is 2. The molecule has 12 heteroatoms. The van der Waals surface area contributed by atoms with Crippen LogP contribution in [0.5, 0.6) is 11.6 Å². The summed E-state index contributed by atoms with van der Waals surface area (Å²) in [5, 5.41) is 27.0. The second-order valence-corrected chi connectivity index (χ2v) is 8.43. The summed E-state index contributed by atoms with van der Waals surface area (Å²) in [6.07, 6.45) is -2.45. The van der Waals surface area contributed by atoms with Gasteiger partial charge in [0.1, 0.15) is 11.9 Å². The quantitative estimate of drug-likeness (QED) is 0.353. The molecule has 1 unspecified atom stereocenters. The highest BCUT2D eigenvalue weighted by Crippen LogP contribution is 2.34. The zero-order valence-corrected chi connectivity index (χ0v) is 19.4. The van der Waals surface area contributed by atoms with Crippen LogP contribution in [0.15, 0.2) is 42.6 Å². The van der Waals surface area contributed by atoms with Gasteiger partial charge < -0.3 is 35.1 Å². The summed E-state index contributed by atoms with van der Waals surface area (Å²) in [7, 11) is 1.54. The molecule has 188 valence electrons. The maximum Gasteiger partial charge on any atom is 0.414 e. The van der Waals surface area contributed by atoms with E-state index in [1.54, 1.807) is 30.5 Å². The van der Waals surface area contributed by atoms with Crippen molar-refractivity contribution in [1.29, 1.82) is 0 Å². The molecule has 0 aliphatic carbocycles. The third-order valence-corrected chi connectivity index (χ3v) is 6.04. The van der Waals surface area contributed by atoms with Crippen LogP contribution in [0.4, 0.5) is 16.2 Å². The SMILES string of the molecule is COc1ccc2nccc(CNC[C@@H](O)[C@H](O)C3CN(c4ccc5c(c4)NC(=O)CO5)C(=O)O3)c2n1. The maximum atomic E-state index is 12.5. The fourth-order valence-electron chi connectivity index (χ4n) is 4.15. The van der Waals surface area contributed by atoms with Crippen LogP contribution in [0, 0.1) is 0 Å². The van der Waals surface area contributed by atoms with Crippen molar-refractivity contribution in [2.24, 2.45) is 0 Å². The van der Waals surface area contributed by atoms with E-state index in [1.807, 2.05) is 12.1 Å². The van der Waals surface area contributed by atoms with E-state index in [0.29, 0.717) is 40.6 Å². The molecule has 2 aromatic heterocycles. The zero-order chi connectivity index (χ0) is 25.2. The monoisotopic (exact) mass is 495 g/mol. The standard InChI is InChI=1S/C24H25N5O7/c1-34-21-5-3-15-22(28-21)13(6-7-26-15)9-25-10-17(30)23(32)19-11-29(24(33)36-19)14-2-4-18-16(8-14)27-20(31)12-35-18/h2-8,17,19,23,25,30,32H,9-12H2,1H3,(H,27,31)/t17-,19?,23+/m1/s1. The number of anilines is 2. The summed E-state index contributed by atoms with van der Waals surface area (Å²) in [5.74, 6) is 0.676. The lowest BCUT2D eigenvalue weighted by atomic mass is 10.1. The predicted octanol–water partition coefficient (Wildman–Crippen LogP) is 0.806. The molecule has 0 saturated carbocycles. The number of hydrogen-bond donors (Lipinski definition) is 4. The molecule has 36 heavy (non-hydrogen) atoms. The molecule has 1 saturated heterocycles. The van der Waals surface area contributed by atoms with Crippen molar-refractivity contribution in [2.75, 3.05) is 37.0 Å². The minimum Gasteiger partial charge on any atom is -0.482 e. The van der Waals surface area contributed by atoms with Gasteiger partial charge in [0.25, 0.3) is 5.91 Å². The number of hydrogen-bond acceptors (Lipinski definition) is 10. The lowest BCUT2D eigenvalue weighted by Crippen LogP contribution is -2.44. The van der Waals surface area contributed by atoms with Crippen LogP contribution >= 0.6 is 0 Å². The number of fused-ring (bicyclic) bond motifs is 2. The topological polar surface area (TPSA) is 155 Å². The third kappa shape index (κ3) is 4.73. The number of pyridine rings is 2. The molecule has 0 spiro atoms. The number of nitrogens with zero attached hydrogens (tertiary/aromatic N) is 3. The Morgan fingerprint density at radius 2 is 2.11 bits per heavy atom. The van der Waals surface area contributed by atoms with Gasteiger partial charge in [0.15, 0.2) is 12.7 Å². The molecule has 1 fully saturated rings. The lowest BCUT2D eigenvalue weighted by Gasteiger charge is -2.23. The van der Waals surface area contributed by atoms with E-state index >= 15 is 0 Å². The highest BCUT2D eigenvalue weighted by atomic mass is 16.6. The second kappa shape index (κ2) is 9.93. The summed E-state index contributed by atoms with van der Waals surface area (Å²) in [4.78, 5) is 34.1. The van der Waals surface area contributed by atoms with E-state index in [2.05, 4.69) is 20.6 Å². The number of ether oxygens (including phenoxy) is 3. The molecule has 3 aromatic rings. The Bertz CT molecular complexity index is 1300. The minimum absolute atomic E-state index is 0.0311. The van der Waals surface area contributed by atoms with E-state index in [0.717, 1.165) is 5.56 Å². The number of carbonyl (C=O) groups excluding carboxylic acids is 2. The molecule has 0 radical (unpaired) electrons. The van der Waals surface area contributed by atoms with Gasteiger partial charge in [0, 0.05) is 31.0 Å². The van der Waals surface area contributed by atoms with Gasteiger partial charge in [-0.2, -0.15) is 0 Å². The highest BCUT2D eigenvalue weighted by molar-refractivity contribution is 5.97. The van der Waals surface area contributed by atoms with Gasteiger partial charge in [-0.05, 0) is 35.9 Å². The fourth-order valence-corrected chi connectivity index (χ4v) is 4.15. The van der Waals surface area contributed by atoms with Gasteiger partial charge in [0.2, 0.25) is 5.88 Å². The van der Waals surface area contributed by atoms with E-state index in [1.165, 1.54) is 12.0 Å². The number of aliphatic hydroxyl groups is 2. The Hall–Kier alpha value is -4.00. The summed E-state index contributed by atoms with van der Waals surface area (Å²) in [5.41, 5.74) is 3.15. The van der Waals surface area contributed by atoms with Gasteiger partial charge >= 0.3 is 6.09 Å². The normalized spacial score (nSPS) is 18.8. The molecule has 1 aromatic carbocycles. The molecule has 4 N–H and O–H groups in total. The van der Waals surface area contributed by atoms with E-state index in [4.69, 9.17) is 14.2 Å². The molecular formula is C24H25N5O7. The van der Waals surface area contributed by atoms with Crippen LogP contribution in [-0.4, -0.2) is 77.3 Å². The van der Waals surface area contributed by atoms with Gasteiger partial charge in [-0.25, -0.2) is 9.78 Å². The highest BCUT2D eigenvalue weighted by Gasteiger charge is 2.39. The van der Waals surface area contributed by atoms with Crippen LogP contribution in [0.1, 0.15) is 5.56 Å². The molecule has 12 nitrogen and oxygen atoms in total. The lowest BCUT2D eigenvalue weighted by molar-refractivity contribution is -0.118. The van der Waals surface area contributed by atoms with Crippen molar-refractivity contribution >= 4 is 34.4 Å². The zero-order valence-electron chi connectivity index (χ0n) is 19.4. The average molecular weight is 495 g/mol. The van der Waals surface area contributed by atoms with Gasteiger partial charge in [-0.15, -0.1) is 0 Å². The van der Waals surface area contributed by atoms with Crippen molar-refractivity contribution in [3.8, 4) is 11.6 Å². The molecule has 0 bridgehead atoms. The van der Waals surface area contributed by atoms with Crippen LogP contribution in [-0.2, 0) is 16.1 Å². The fraction of sp³-hybridized carbons (Fsp3) is 0.333. The Kier molecular flexibility index (Phi) is 6.55. The number of carbonyl (C=O) groups is 2. The number of nitrogens with one attached hydrogen (secondary N) is 2. The molecule has 2 amide bonds. The first kappa shape index (κ1) is 23.7. The van der Waals surface area contributed by atoms with E-state index < -0.39 is 24.4 Å².